The maximum atomic E-state index is 2.12. The molecule has 0 N–H and O–H groups in total. The molecule has 0 radical (unpaired) electrons. The van der Waals surface area contributed by atoms with Crippen LogP contribution in [-0.4, -0.2) is 0 Å². The number of hydrogen-bond acceptors (Lipinski definition) is 0. The molecule has 3 rings (SSSR count). The van der Waals surface area contributed by atoms with Gasteiger partial charge >= 0.3 is 51.4 Å². The largest absolute Gasteiger partial charge is 1.00 e. The summed E-state index contributed by atoms with van der Waals surface area (Å²) in [5.41, 5.74) is 0. The molecule has 2 heteroatoms. The Labute approximate surface area is 254 Å². The predicted octanol–water partition coefficient (Wildman–Crippen LogP) is 8.79. The van der Waals surface area contributed by atoms with Crippen molar-refractivity contribution in [1.29, 1.82) is 0 Å². The van der Waals surface area contributed by atoms with Crippen LogP contribution in [0, 0.1) is 23.7 Å². The summed E-state index contributed by atoms with van der Waals surface area (Å²) in [6.45, 7) is 12.8. The van der Waals surface area contributed by atoms with Crippen LogP contribution in [0.25, 0.3) is 0 Å². The van der Waals surface area contributed by atoms with Crippen LogP contribution in [0.15, 0.2) is 0 Å². The van der Waals surface area contributed by atoms with E-state index in [9.17, 15) is 0 Å². The van der Waals surface area contributed by atoms with Gasteiger partial charge in [0.2, 0.25) is 0 Å². The van der Waals surface area contributed by atoms with Gasteiger partial charge in [0.1, 0.15) is 0 Å². The summed E-state index contributed by atoms with van der Waals surface area (Å²) in [4.78, 5) is 0. The van der Waals surface area contributed by atoms with Crippen LogP contribution >= 0.6 is 9.90 Å². The Bertz CT molecular complexity index is 274. The first-order valence-electron chi connectivity index (χ1n) is 14.1. The summed E-state index contributed by atoms with van der Waals surface area (Å²) >= 11 is 0. The van der Waals surface area contributed by atoms with E-state index in [1.807, 2.05) is 0 Å². The second-order valence-corrected chi connectivity index (χ2v) is 10.5. The second kappa shape index (κ2) is 31.1. The summed E-state index contributed by atoms with van der Waals surface area (Å²) in [5.74, 6) is 4.45. The van der Waals surface area contributed by atoms with E-state index in [4.69, 9.17) is 0 Å². The van der Waals surface area contributed by atoms with E-state index >= 15 is 0 Å². The summed E-state index contributed by atoms with van der Waals surface area (Å²) in [5, 5.41) is 0. The van der Waals surface area contributed by atoms with Gasteiger partial charge in [0, 0.05) is 0 Å². The fraction of sp³-hybridized carbons (Fsp3) is 1.00. The molecule has 3 saturated carbocycles. The average Bonchev–Trinajstić information content (AvgIpc) is 2.73. The zero-order valence-corrected chi connectivity index (χ0v) is 28.0. The van der Waals surface area contributed by atoms with Crippen molar-refractivity contribution >= 4 is 9.90 Å². The van der Waals surface area contributed by atoms with Gasteiger partial charge in [-0.15, -0.1) is 0 Å². The molecule has 194 valence electrons. The molecule has 0 heterocycles. The van der Waals surface area contributed by atoms with Gasteiger partial charge in [-0.1, -0.05) is 158 Å². The average molecular weight is 499 g/mol. The fourth-order valence-corrected chi connectivity index (χ4v) is 5.49. The number of hydrogen-bond donors (Lipinski definition) is 0. The zero-order chi connectivity index (χ0) is 21.7. The van der Waals surface area contributed by atoms with Gasteiger partial charge in [-0.2, -0.15) is 9.90 Å². The molecule has 1 atom stereocenters. The molecule has 0 aromatic rings. The Morgan fingerprint density at radius 1 is 0.438 bits per heavy atom. The Balaban J connectivity index is -0.000000177. The standard InChI is InChI=1S/C20H36.3C3H8.CH4.K.H3P.H/c1-3-7-17(8-4-1)15-19-11-13-20(14-12-19)16-18-9-5-2-6-10-18;3*1-3-2;;;;/h17-20H,1-16H2;3*3H2,1-2H3;1H4;;1H3;/q;;;;;+1;;-1. The minimum Gasteiger partial charge on any atom is -1.00 e. The van der Waals surface area contributed by atoms with Crippen molar-refractivity contribution in [2.75, 3.05) is 0 Å². The predicted molar refractivity (Wildman–Crippen MR) is 155 cm³/mol. The van der Waals surface area contributed by atoms with Crippen LogP contribution in [0.2, 0.25) is 0 Å². The third-order valence-corrected chi connectivity index (χ3v) is 6.75. The summed E-state index contributed by atoms with van der Waals surface area (Å²) in [7, 11) is 0. The third-order valence-electron chi connectivity index (χ3n) is 6.75. The van der Waals surface area contributed by atoms with Gasteiger partial charge in [0.05, 0.1) is 0 Å². The molecule has 0 amide bonds. The smallest absolute Gasteiger partial charge is 1.00 e. The van der Waals surface area contributed by atoms with Gasteiger partial charge in [0.25, 0.3) is 0 Å². The summed E-state index contributed by atoms with van der Waals surface area (Å²) < 4.78 is 0. The van der Waals surface area contributed by atoms with Gasteiger partial charge in [-0.3, -0.25) is 0 Å². The minimum atomic E-state index is 0. The van der Waals surface area contributed by atoms with Gasteiger partial charge in [0.15, 0.2) is 0 Å². The first-order chi connectivity index (χ1) is 14.1. The van der Waals surface area contributed by atoms with Crippen LogP contribution in [0.1, 0.15) is 172 Å². The van der Waals surface area contributed by atoms with Crippen molar-refractivity contribution in [2.24, 2.45) is 23.7 Å². The fourth-order valence-electron chi connectivity index (χ4n) is 5.49. The summed E-state index contributed by atoms with van der Waals surface area (Å²) in [6.07, 6.45) is 28.6. The van der Waals surface area contributed by atoms with Crippen molar-refractivity contribution in [3.8, 4) is 0 Å². The van der Waals surface area contributed by atoms with Crippen LogP contribution in [-0.2, 0) is 0 Å². The molecular weight excluding hydrogens is 430 g/mol. The maximum Gasteiger partial charge on any atom is 1.00 e. The van der Waals surface area contributed by atoms with E-state index in [1.165, 1.54) is 57.8 Å². The van der Waals surface area contributed by atoms with Crippen LogP contribution in [0.4, 0.5) is 0 Å². The third kappa shape index (κ3) is 23.8. The Kier molecular flexibility index (Phi) is 40.0. The van der Waals surface area contributed by atoms with Gasteiger partial charge < -0.3 is 1.43 Å². The zero-order valence-electron chi connectivity index (χ0n) is 24.5. The van der Waals surface area contributed by atoms with E-state index in [0.29, 0.717) is 0 Å². The normalized spacial score (nSPS) is 23.1. The molecule has 32 heavy (non-hydrogen) atoms. The molecule has 3 aliphatic carbocycles. The van der Waals surface area contributed by atoms with E-state index in [2.05, 4.69) is 41.5 Å². The molecule has 0 aliphatic heterocycles. The van der Waals surface area contributed by atoms with Crippen molar-refractivity contribution in [3.05, 3.63) is 0 Å². The van der Waals surface area contributed by atoms with Gasteiger partial charge in [-0.05, 0) is 36.5 Å². The molecule has 3 fully saturated rings. The van der Waals surface area contributed by atoms with Crippen molar-refractivity contribution < 1.29 is 52.8 Å². The van der Waals surface area contributed by atoms with E-state index in [-0.39, 0.29) is 70.1 Å². The molecule has 0 spiro atoms. The molecular formula is C30H68KP. The molecule has 1 unspecified atom stereocenters. The van der Waals surface area contributed by atoms with E-state index < -0.39 is 0 Å². The summed E-state index contributed by atoms with van der Waals surface area (Å²) in [6, 6.07) is 0. The molecule has 0 bridgehead atoms. The maximum absolute atomic E-state index is 2.12. The molecule has 3 aliphatic rings. The first kappa shape index (κ1) is 41.2. The Morgan fingerprint density at radius 2 is 0.625 bits per heavy atom. The quantitative estimate of drug-likeness (QED) is 0.268. The van der Waals surface area contributed by atoms with Crippen LogP contribution < -0.4 is 51.4 Å². The first-order valence-corrected chi connectivity index (χ1v) is 14.1. The molecule has 0 aromatic carbocycles. The minimum absolute atomic E-state index is 0. The number of rotatable bonds is 4. The second-order valence-electron chi connectivity index (χ2n) is 10.5. The van der Waals surface area contributed by atoms with E-state index in [1.54, 1.807) is 64.2 Å². The van der Waals surface area contributed by atoms with E-state index in [0.717, 1.165) is 23.7 Å². The Hall–Kier alpha value is 2.07. The molecule has 0 nitrogen and oxygen atoms in total. The topological polar surface area (TPSA) is 0 Å². The van der Waals surface area contributed by atoms with Crippen LogP contribution in [0.3, 0.4) is 0 Å². The molecule has 0 aromatic heterocycles. The van der Waals surface area contributed by atoms with Crippen LogP contribution in [0.5, 0.6) is 0 Å². The Morgan fingerprint density at radius 3 is 0.844 bits per heavy atom. The van der Waals surface area contributed by atoms with Gasteiger partial charge in [-0.25, -0.2) is 0 Å². The monoisotopic (exact) mass is 498 g/mol. The van der Waals surface area contributed by atoms with Crippen molar-refractivity contribution in [2.45, 2.75) is 171 Å². The SMILES string of the molecule is C.C1CCC(CC2CCC(CC3CCCCC3)CC2)CC1.CCC.CCC.CCC.P.[H-].[K+]. The van der Waals surface area contributed by atoms with Crippen molar-refractivity contribution in [3.63, 3.8) is 0 Å². The van der Waals surface area contributed by atoms with Crippen molar-refractivity contribution in [1.82, 2.24) is 0 Å². The molecule has 0 saturated heterocycles.